The Bertz CT molecular complexity index is 1790. The van der Waals surface area contributed by atoms with Crippen LogP contribution in [0, 0.1) is 24.0 Å². The smallest absolute Gasteiger partial charge is 0.292 e. The average molecular weight is 729 g/mol. The Labute approximate surface area is 308 Å². The fourth-order valence-electron chi connectivity index (χ4n) is 5.13. The molecular weight excluding hydrogens is 677 g/mol. The Morgan fingerprint density at radius 3 is 1.58 bits per heavy atom. The molecule has 50 heavy (non-hydrogen) atoms. The number of nitro benzene ring substituents is 1. The summed E-state index contributed by atoms with van der Waals surface area (Å²) in [5.74, 6) is 0. The molecule has 0 unspecified atom stereocenters. The second-order valence-corrected chi connectivity index (χ2v) is 11.9. The van der Waals surface area contributed by atoms with E-state index in [1.54, 1.807) is 50.0 Å². The highest BCUT2D eigenvalue weighted by Gasteiger charge is 2.17. The van der Waals surface area contributed by atoms with Crippen molar-refractivity contribution >= 4 is 49.7 Å². The van der Waals surface area contributed by atoms with Crippen molar-refractivity contribution in [2.75, 3.05) is 42.8 Å². The number of nitrogen functional groups attached to an aromatic ring is 1. The Kier molecular flexibility index (Phi) is 17.9. The zero-order valence-corrected chi connectivity index (χ0v) is 32.1. The Morgan fingerprint density at radius 1 is 0.740 bits per heavy atom. The molecular formula is C36H52N6O6S2. The van der Waals surface area contributed by atoms with Crippen LogP contribution >= 0.6 is 27.0 Å². The summed E-state index contributed by atoms with van der Waals surface area (Å²) >= 11 is 0. The molecule has 4 N–H and O–H groups in total. The minimum absolute atomic E-state index is 0. The zero-order chi connectivity index (χ0) is 35.5. The highest BCUT2D eigenvalue weighted by atomic mass is 32.1. The SMILES string of the molecule is CCOC[C@H](C)Nc1cc(-c2cc(C)c(=O)n(C)c2)ccc1N.CCOC[C@H](C)Nc1cc(-c2cc(C)c(=O)n(C)c2)ccc1[N+](=O)[O-].S.S. The van der Waals surface area contributed by atoms with Crippen LogP contribution in [0.4, 0.5) is 22.7 Å². The molecule has 4 rings (SSSR count). The van der Waals surface area contributed by atoms with E-state index >= 15 is 0 Å². The molecule has 12 nitrogen and oxygen atoms in total. The first-order valence-electron chi connectivity index (χ1n) is 16.0. The van der Waals surface area contributed by atoms with Gasteiger partial charge in [-0.15, -0.1) is 0 Å². The van der Waals surface area contributed by atoms with Gasteiger partial charge in [0.1, 0.15) is 5.69 Å². The maximum atomic E-state index is 11.9. The van der Waals surface area contributed by atoms with Gasteiger partial charge in [0, 0.05) is 69.0 Å². The van der Waals surface area contributed by atoms with E-state index in [1.807, 2.05) is 58.2 Å². The van der Waals surface area contributed by atoms with Crippen molar-refractivity contribution in [3.8, 4) is 22.3 Å². The zero-order valence-electron chi connectivity index (χ0n) is 30.1. The molecule has 0 saturated heterocycles. The van der Waals surface area contributed by atoms with Crippen LogP contribution in [0.25, 0.3) is 22.3 Å². The third-order valence-corrected chi connectivity index (χ3v) is 7.59. The third-order valence-electron chi connectivity index (χ3n) is 7.59. The predicted molar refractivity (Wildman–Crippen MR) is 215 cm³/mol. The minimum Gasteiger partial charge on any atom is -0.397 e. The van der Waals surface area contributed by atoms with Crippen molar-refractivity contribution in [2.45, 2.75) is 53.6 Å². The number of hydrogen-bond acceptors (Lipinski definition) is 9. The number of nitrogens with zero attached hydrogens (tertiary/aromatic N) is 3. The van der Waals surface area contributed by atoms with Crippen molar-refractivity contribution in [2.24, 2.45) is 14.1 Å². The van der Waals surface area contributed by atoms with Crippen LogP contribution in [0.5, 0.6) is 0 Å². The molecule has 0 fully saturated rings. The van der Waals surface area contributed by atoms with E-state index in [9.17, 15) is 19.7 Å². The Morgan fingerprint density at radius 2 is 1.16 bits per heavy atom. The summed E-state index contributed by atoms with van der Waals surface area (Å²) in [6.45, 7) is 13.8. The van der Waals surface area contributed by atoms with Gasteiger partial charge >= 0.3 is 0 Å². The number of hydrogen-bond donors (Lipinski definition) is 3. The van der Waals surface area contributed by atoms with E-state index in [-0.39, 0.29) is 55.9 Å². The van der Waals surface area contributed by atoms with Crippen LogP contribution in [0.3, 0.4) is 0 Å². The largest absolute Gasteiger partial charge is 0.397 e. The van der Waals surface area contributed by atoms with Crippen LogP contribution in [-0.2, 0) is 23.6 Å². The number of anilines is 3. The standard InChI is InChI=1S/C18H23N3O4.C18H25N3O2.2H2S/c1-5-25-11-13(3)19-16-9-14(6-7-17(16)21(23)24)15-8-12(2)18(22)20(4)10-15;1-5-23-11-13(3)20-17-9-14(6-7-16(17)19)15-8-12(2)18(22)21(4)10-15;;/h6-10,13,19H,5,11H2,1-4H3;6-10,13,20H,5,11,19H2,1-4H3;2*1H2/t2*13-;;/m00../s1. The number of rotatable bonds is 13. The lowest BCUT2D eigenvalue weighted by Gasteiger charge is -2.18. The van der Waals surface area contributed by atoms with Gasteiger partial charge in [0.2, 0.25) is 0 Å². The van der Waals surface area contributed by atoms with E-state index in [0.29, 0.717) is 43.4 Å². The summed E-state index contributed by atoms with van der Waals surface area (Å²) in [7, 11) is 3.45. The minimum atomic E-state index is -0.411. The molecule has 0 spiro atoms. The van der Waals surface area contributed by atoms with Crippen molar-refractivity contribution in [1.82, 2.24) is 9.13 Å². The van der Waals surface area contributed by atoms with Gasteiger partial charge in [-0.05, 0) is 100 Å². The Hall–Kier alpha value is -4.24. The van der Waals surface area contributed by atoms with Gasteiger partial charge < -0.3 is 35.0 Å². The second-order valence-electron chi connectivity index (χ2n) is 11.9. The molecule has 2 aromatic carbocycles. The van der Waals surface area contributed by atoms with Gasteiger partial charge in [0.05, 0.1) is 29.5 Å². The summed E-state index contributed by atoms with van der Waals surface area (Å²) in [6.07, 6.45) is 3.57. The summed E-state index contributed by atoms with van der Waals surface area (Å²) < 4.78 is 13.9. The molecule has 0 saturated carbocycles. The van der Waals surface area contributed by atoms with Crippen molar-refractivity contribution in [3.05, 3.63) is 103 Å². The van der Waals surface area contributed by atoms with Crippen molar-refractivity contribution < 1.29 is 14.4 Å². The van der Waals surface area contributed by atoms with Gasteiger partial charge in [-0.25, -0.2) is 0 Å². The van der Waals surface area contributed by atoms with E-state index in [1.165, 1.54) is 10.6 Å². The molecule has 2 atom stereocenters. The van der Waals surface area contributed by atoms with Crippen LogP contribution < -0.4 is 27.5 Å². The predicted octanol–water partition coefficient (Wildman–Crippen LogP) is 6.11. The number of pyridine rings is 2. The molecule has 0 aliphatic heterocycles. The van der Waals surface area contributed by atoms with Crippen molar-refractivity contribution in [1.29, 1.82) is 0 Å². The fourth-order valence-corrected chi connectivity index (χ4v) is 5.13. The van der Waals surface area contributed by atoms with E-state index in [0.717, 1.165) is 33.5 Å². The quantitative estimate of drug-likeness (QED) is 0.0840. The molecule has 2 heterocycles. The summed E-state index contributed by atoms with van der Waals surface area (Å²) in [6, 6.07) is 14.5. The normalized spacial score (nSPS) is 11.6. The van der Waals surface area contributed by atoms with Gasteiger partial charge in [-0.1, -0.05) is 6.07 Å². The maximum Gasteiger partial charge on any atom is 0.292 e. The second kappa shape index (κ2) is 20.4. The molecule has 0 radical (unpaired) electrons. The van der Waals surface area contributed by atoms with Gasteiger partial charge in [-0.2, -0.15) is 27.0 Å². The lowest BCUT2D eigenvalue weighted by Crippen LogP contribution is -2.22. The van der Waals surface area contributed by atoms with Crippen LogP contribution in [0.1, 0.15) is 38.8 Å². The molecule has 2 aromatic heterocycles. The van der Waals surface area contributed by atoms with Gasteiger partial charge in [0.15, 0.2) is 0 Å². The number of ether oxygens (including phenoxy) is 2. The Balaban J connectivity index is 0.000000482. The van der Waals surface area contributed by atoms with E-state index < -0.39 is 4.92 Å². The number of nitrogens with two attached hydrogens (primary N) is 1. The van der Waals surface area contributed by atoms with Gasteiger partial charge in [0.25, 0.3) is 16.8 Å². The molecule has 0 aliphatic rings. The first kappa shape index (κ1) is 43.8. The lowest BCUT2D eigenvalue weighted by atomic mass is 10.0. The molecule has 0 amide bonds. The first-order chi connectivity index (χ1) is 22.7. The maximum absolute atomic E-state index is 11.9. The average Bonchev–Trinajstić information content (AvgIpc) is 3.04. The lowest BCUT2D eigenvalue weighted by molar-refractivity contribution is -0.384. The highest BCUT2D eigenvalue weighted by Crippen LogP contribution is 2.31. The van der Waals surface area contributed by atoms with E-state index in [4.69, 9.17) is 15.2 Å². The number of benzene rings is 2. The third kappa shape index (κ3) is 12.0. The molecule has 4 aromatic rings. The van der Waals surface area contributed by atoms with Crippen LogP contribution in [-0.4, -0.2) is 52.6 Å². The molecule has 274 valence electrons. The molecule has 0 aliphatic carbocycles. The number of nitrogens with one attached hydrogen (secondary N) is 2. The first-order valence-corrected chi connectivity index (χ1v) is 16.0. The number of aromatic nitrogens is 2. The van der Waals surface area contributed by atoms with Gasteiger partial charge in [-0.3, -0.25) is 19.7 Å². The summed E-state index contributed by atoms with van der Waals surface area (Å²) in [5.41, 5.74) is 13.0. The van der Waals surface area contributed by atoms with Crippen LogP contribution in [0.15, 0.2) is 70.5 Å². The summed E-state index contributed by atoms with van der Waals surface area (Å²) in [4.78, 5) is 34.6. The summed E-state index contributed by atoms with van der Waals surface area (Å²) in [5, 5.41) is 17.8. The number of nitro groups is 1. The van der Waals surface area contributed by atoms with E-state index in [2.05, 4.69) is 17.6 Å². The fraction of sp³-hybridized carbons (Fsp3) is 0.389. The molecule has 14 heteroatoms. The topological polar surface area (TPSA) is 156 Å². The monoisotopic (exact) mass is 728 g/mol. The van der Waals surface area contributed by atoms with Crippen molar-refractivity contribution in [3.63, 3.8) is 0 Å². The number of aryl methyl sites for hydroxylation is 4. The van der Waals surface area contributed by atoms with Crippen LogP contribution in [0.2, 0.25) is 0 Å². The highest BCUT2D eigenvalue weighted by molar-refractivity contribution is 7.59. The molecule has 0 bridgehead atoms.